The lowest BCUT2D eigenvalue weighted by Gasteiger charge is -2.43. The molecule has 0 bridgehead atoms. The number of aromatic nitrogens is 2. The Bertz CT molecular complexity index is 620. The molecule has 0 aromatic carbocycles. The minimum atomic E-state index is -0.156. The van der Waals surface area contributed by atoms with Gasteiger partial charge in [-0.2, -0.15) is 5.10 Å². The van der Waals surface area contributed by atoms with Crippen LogP contribution in [0, 0.1) is 19.8 Å². The van der Waals surface area contributed by atoms with Gasteiger partial charge in [-0.25, -0.2) is 4.79 Å². The largest absolute Gasteiger partial charge is 0.336 e. The van der Waals surface area contributed by atoms with Crippen molar-refractivity contribution in [3.05, 3.63) is 11.4 Å². The molecule has 1 atom stereocenters. The molecule has 26 heavy (non-hydrogen) atoms. The molecule has 1 unspecified atom stereocenters. The summed E-state index contributed by atoms with van der Waals surface area (Å²) < 4.78 is 1.95. The summed E-state index contributed by atoms with van der Waals surface area (Å²) in [6.07, 6.45) is 3.81. The van der Waals surface area contributed by atoms with Crippen LogP contribution in [0.4, 0.5) is 10.5 Å². The van der Waals surface area contributed by atoms with Crippen LogP contribution in [0.5, 0.6) is 0 Å². The maximum atomic E-state index is 12.5. The molecular formula is C20H37N5O. The van der Waals surface area contributed by atoms with Gasteiger partial charge in [0.15, 0.2) is 0 Å². The predicted octanol–water partition coefficient (Wildman–Crippen LogP) is 4.10. The second-order valence-electron chi connectivity index (χ2n) is 8.57. The number of carbonyl (C=O) groups is 1. The van der Waals surface area contributed by atoms with E-state index in [0.29, 0.717) is 6.54 Å². The minimum Gasteiger partial charge on any atom is -0.336 e. The summed E-state index contributed by atoms with van der Waals surface area (Å²) in [7, 11) is 0. The molecule has 148 valence electrons. The number of anilines is 1. The lowest BCUT2D eigenvalue weighted by atomic mass is 9.91. The van der Waals surface area contributed by atoms with Crippen LogP contribution in [-0.4, -0.2) is 45.9 Å². The maximum Gasteiger partial charge on any atom is 0.319 e. The maximum absolute atomic E-state index is 12.5. The number of likely N-dealkylation sites (tertiary alicyclic amines) is 1. The van der Waals surface area contributed by atoms with Gasteiger partial charge in [0.05, 0.1) is 17.1 Å². The summed E-state index contributed by atoms with van der Waals surface area (Å²) in [6, 6.07) is 0.119. The molecular weight excluding hydrogens is 326 g/mol. The Labute approximate surface area is 158 Å². The Morgan fingerprint density at radius 2 is 2.04 bits per heavy atom. The number of amides is 2. The van der Waals surface area contributed by atoms with Gasteiger partial charge in [0.1, 0.15) is 0 Å². The zero-order chi connectivity index (χ0) is 19.5. The summed E-state index contributed by atoms with van der Waals surface area (Å²) in [4.78, 5) is 15.0. The van der Waals surface area contributed by atoms with Crippen molar-refractivity contribution in [2.45, 2.75) is 79.3 Å². The highest BCUT2D eigenvalue weighted by atomic mass is 16.2. The van der Waals surface area contributed by atoms with Crippen molar-refractivity contribution in [2.75, 3.05) is 25.0 Å². The first kappa shape index (κ1) is 20.7. The summed E-state index contributed by atoms with van der Waals surface area (Å²) in [5.41, 5.74) is 2.62. The first-order chi connectivity index (χ1) is 12.2. The van der Waals surface area contributed by atoms with E-state index in [2.05, 4.69) is 55.3 Å². The molecule has 0 radical (unpaired) electrons. The fraction of sp³-hybridized carbons (Fsp3) is 0.800. The molecule has 6 heteroatoms. The number of urea groups is 1. The molecule has 6 nitrogen and oxygen atoms in total. The lowest BCUT2D eigenvalue weighted by Crippen LogP contribution is -2.55. The van der Waals surface area contributed by atoms with E-state index < -0.39 is 0 Å². The Hall–Kier alpha value is -1.56. The molecule has 1 aliphatic rings. The fourth-order valence-corrected chi connectivity index (χ4v) is 3.86. The monoisotopic (exact) mass is 363 g/mol. The lowest BCUT2D eigenvalue weighted by molar-refractivity contribution is 0.0669. The third kappa shape index (κ3) is 4.78. The average Bonchev–Trinajstić information content (AvgIpc) is 2.88. The molecule has 1 fully saturated rings. The summed E-state index contributed by atoms with van der Waals surface area (Å²) >= 11 is 0. The van der Waals surface area contributed by atoms with Crippen LogP contribution in [0.15, 0.2) is 0 Å². The molecule has 0 spiro atoms. The van der Waals surface area contributed by atoms with E-state index in [1.54, 1.807) is 0 Å². The van der Waals surface area contributed by atoms with Crippen LogP contribution in [0.25, 0.3) is 0 Å². The molecule has 0 aliphatic carbocycles. The second kappa shape index (κ2) is 8.42. The van der Waals surface area contributed by atoms with Crippen molar-refractivity contribution in [1.29, 1.82) is 0 Å². The van der Waals surface area contributed by atoms with Crippen molar-refractivity contribution in [2.24, 2.45) is 5.92 Å². The van der Waals surface area contributed by atoms with Crippen molar-refractivity contribution in [3.8, 4) is 0 Å². The SMILES string of the molecule is CCC1CCCN(C(C)(C)CNC(=O)Nc2c(C)nn(C(C)C)c2C)C1. The Balaban J connectivity index is 1.94. The molecule has 1 aromatic rings. The van der Waals surface area contributed by atoms with Crippen molar-refractivity contribution >= 4 is 11.7 Å². The minimum absolute atomic E-state index is 0.0443. The molecule has 2 heterocycles. The van der Waals surface area contributed by atoms with Gasteiger partial charge in [0.25, 0.3) is 0 Å². The highest BCUT2D eigenvalue weighted by molar-refractivity contribution is 5.90. The molecule has 2 amide bonds. The van der Waals surface area contributed by atoms with Gasteiger partial charge in [0, 0.05) is 24.7 Å². The topological polar surface area (TPSA) is 62.2 Å². The summed E-state index contributed by atoms with van der Waals surface area (Å²) in [5, 5.41) is 10.6. The molecule has 1 saturated heterocycles. The molecule has 1 aromatic heterocycles. The normalized spacial score (nSPS) is 19.0. The number of aryl methyl sites for hydroxylation is 1. The van der Waals surface area contributed by atoms with Crippen LogP contribution in [0.2, 0.25) is 0 Å². The first-order valence-corrected chi connectivity index (χ1v) is 10.0. The van der Waals surface area contributed by atoms with Gasteiger partial charge in [-0.1, -0.05) is 13.3 Å². The van der Waals surface area contributed by atoms with Crippen LogP contribution in [0.3, 0.4) is 0 Å². The number of nitrogens with one attached hydrogen (secondary N) is 2. The number of rotatable bonds is 6. The van der Waals surface area contributed by atoms with Gasteiger partial charge in [0.2, 0.25) is 0 Å². The molecule has 2 N–H and O–H groups in total. The van der Waals surface area contributed by atoms with Crippen LogP contribution < -0.4 is 10.6 Å². The van der Waals surface area contributed by atoms with Gasteiger partial charge < -0.3 is 10.6 Å². The van der Waals surface area contributed by atoms with E-state index in [0.717, 1.165) is 36.1 Å². The quantitative estimate of drug-likeness (QED) is 0.800. The van der Waals surface area contributed by atoms with Crippen molar-refractivity contribution in [3.63, 3.8) is 0 Å². The Morgan fingerprint density at radius 3 is 2.62 bits per heavy atom. The second-order valence-corrected chi connectivity index (χ2v) is 8.57. The van der Waals surface area contributed by atoms with Gasteiger partial charge in [-0.3, -0.25) is 9.58 Å². The van der Waals surface area contributed by atoms with E-state index in [4.69, 9.17) is 0 Å². The number of nitrogens with zero attached hydrogens (tertiary/aromatic N) is 3. The van der Waals surface area contributed by atoms with E-state index in [1.165, 1.54) is 19.3 Å². The Morgan fingerprint density at radius 1 is 1.35 bits per heavy atom. The van der Waals surface area contributed by atoms with Gasteiger partial charge in [-0.05, 0) is 66.8 Å². The number of carbonyl (C=O) groups excluding carboxylic acids is 1. The van der Waals surface area contributed by atoms with Gasteiger partial charge >= 0.3 is 6.03 Å². The third-order valence-electron chi connectivity index (χ3n) is 5.69. The number of hydrogen-bond donors (Lipinski definition) is 2. The highest BCUT2D eigenvalue weighted by Gasteiger charge is 2.31. The van der Waals surface area contributed by atoms with Crippen LogP contribution in [0.1, 0.15) is 71.3 Å². The smallest absolute Gasteiger partial charge is 0.319 e. The first-order valence-electron chi connectivity index (χ1n) is 10.0. The Kier molecular flexibility index (Phi) is 6.72. The van der Waals surface area contributed by atoms with Crippen LogP contribution >= 0.6 is 0 Å². The number of piperidine rings is 1. The zero-order valence-corrected chi connectivity index (χ0v) is 17.6. The van der Waals surface area contributed by atoms with Crippen molar-refractivity contribution < 1.29 is 4.79 Å². The zero-order valence-electron chi connectivity index (χ0n) is 17.6. The summed E-state index contributed by atoms with van der Waals surface area (Å²) in [5.74, 6) is 0.782. The molecule has 0 saturated carbocycles. The fourth-order valence-electron chi connectivity index (χ4n) is 3.86. The van der Waals surface area contributed by atoms with E-state index >= 15 is 0 Å². The average molecular weight is 364 g/mol. The van der Waals surface area contributed by atoms with E-state index in [1.807, 2.05) is 18.5 Å². The highest BCUT2D eigenvalue weighted by Crippen LogP contribution is 2.26. The van der Waals surface area contributed by atoms with Crippen molar-refractivity contribution in [1.82, 2.24) is 20.0 Å². The molecule has 2 rings (SSSR count). The predicted molar refractivity (Wildman–Crippen MR) is 108 cm³/mol. The van der Waals surface area contributed by atoms with Gasteiger partial charge in [-0.15, -0.1) is 0 Å². The van der Waals surface area contributed by atoms with E-state index in [-0.39, 0.29) is 17.6 Å². The number of hydrogen-bond acceptors (Lipinski definition) is 3. The third-order valence-corrected chi connectivity index (χ3v) is 5.69. The standard InChI is InChI=1S/C20H37N5O/c1-8-17-10-9-11-24(12-17)20(6,7)13-21-19(26)22-18-15(4)23-25(14(2)3)16(18)5/h14,17H,8-13H2,1-7H3,(H2,21,22,26). The van der Waals surface area contributed by atoms with Crippen LogP contribution in [-0.2, 0) is 0 Å². The molecule has 1 aliphatic heterocycles. The van der Waals surface area contributed by atoms with E-state index in [9.17, 15) is 4.79 Å². The summed E-state index contributed by atoms with van der Waals surface area (Å²) in [6.45, 7) is 17.7.